The van der Waals surface area contributed by atoms with E-state index in [-0.39, 0.29) is 16.3 Å². The molecule has 0 unspecified atom stereocenters. The minimum absolute atomic E-state index is 0.0512. The third-order valence-corrected chi connectivity index (χ3v) is 3.81. The number of hydrogen-bond acceptors (Lipinski definition) is 3. The number of sulfonamides is 1. The fraction of sp³-hybridized carbons (Fsp3) is 0.300. The molecule has 17 heavy (non-hydrogen) atoms. The highest BCUT2D eigenvalue weighted by molar-refractivity contribution is 7.89. The molecule has 0 saturated carbocycles. The van der Waals surface area contributed by atoms with Crippen molar-refractivity contribution >= 4 is 27.6 Å². The van der Waals surface area contributed by atoms with Crippen LogP contribution in [0.3, 0.4) is 0 Å². The van der Waals surface area contributed by atoms with Crippen LogP contribution in [0.4, 0.5) is 0 Å². The highest BCUT2D eigenvalue weighted by atomic mass is 35.5. The Balaban J connectivity index is 3.00. The molecule has 0 spiro atoms. The Labute approximate surface area is 104 Å². The average Bonchev–Trinajstić information content (AvgIpc) is 2.25. The third-order valence-electron chi connectivity index (χ3n) is 2.11. The average molecular weight is 278 g/mol. The van der Waals surface area contributed by atoms with Crippen LogP contribution >= 0.6 is 11.6 Å². The van der Waals surface area contributed by atoms with Crippen LogP contribution in [0.5, 0.6) is 0 Å². The first kappa shape index (κ1) is 14.0. The lowest BCUT2D eigenvalue weighted by Gasteiger charge is -2.12. The molecular weight excluding hydrogens is 266 g/mol. The summed E-state index contributed by atoms with van der Waals surface area (Å²) in [6.07, 6.45) is 0.162. The highest BCUT2D eigenvalue weighted by Crippen LogP contribution is 2.15. The van der Waals surface area contributed by atoms with Crippen molar-refractivity contribution in [3.05, 3.63) is 29.3 Å². The fourth-order valence-electron chi connectivity index (χ4n) is 1.20. The minimum Gasteiger partial charge on any atom is -0.480 e. The van der Waals surface area contributed by atoms with Gasteiger partial charge in [-0.15, -0.1) is 0 Å². The first-order chi connectivity index (χ1) is 7.86. The van der Waals surface area contributed by atoms with Crippen LogP contribution in [0.2, 0.25) is 5.02 Å². The SMILES string of the molecule is CC[C@H](NS(=O)(=O)c1cccc(Cl)c1)C(=O)O. The molecule has 7 heteroatoms. The molecule has 94 valence electrons. The lowest BCUT2D eigenvalue weighted by Crippen LogP contribution is -2.40. The predicted molar refractivity (Wildman–Crippen MR) is 63.5 cm³/mol. The van der Waals surface area contributed by atoms with Crippen molar-refractivity contribution in [1.29, 1.82) is 0 Å². The van der Waals surface area contributed by atoms with E-state index in [9.17, 15) is 13.2 Å². The molecule has 0 aromatic heterocycles. The standard InChI is InChI=1S/C10H12ClNO4S/c1-2-9(10(13)14)12-17(15,16)8-5-3-4-7(11)6-8/h3-6,9,12H,2H2,1H3,(H,13,14)/t9-/m0/s1. The summed E-state index contributed by atoms with van der Waals surface area (Å²) in [6, 6.07) is 4.49. The Hall–Kier alpha value is -1.11. The topological polar surface area (TPSA) is 83.5 Å². The van der Waals surface area contributed by atoms with Crippen molar-refractivity contribution in [2.75, 3.05) is 0 Å². The number of nitrogens with one attached hydrogen (secondary N) is 1. The van der Waals surface area contributed by atoms with Gasteiger partial charge >= 0.3 is 5.97 Å². The van der Waals surface area contributed by atoms with Gasteiger partial charge in [-0.3, -0.25) is 4.79 Å². The summed E-state index contributed by atoms with van der Waals surface area (Å²) >= 11 is 5.68. The summed E-state index contributed by atoms with van der Waals surface area (Å²) in [4.78, 5) is 10.7. The van der Waals surface area contributed by atoms with E-state index in [2.05, 4.69) is 4.72 Å². The van der Waals surface area contributed by atoms with Crippen LogP contribution < -0.4 is 4.72 Å². The molecule has 1 aromatic carbocycles. The van der Waals surface area contributed by atoms with Gasteiger partial charge in [-0.1, -0.05) is 24.6 Å². The Kier molecular flexibility index (Phi) is 4.50. The van der Waals surface area contributed by atoms with Gasteiger partial charge in [-0.2, -0.15) is 4.72 Å². The van der Waals surface area contributed by atoms with Gasteiger partial charge in [0, 0.05) is 5.02 Å². The van der Waals surface area contributed by atoms with Crippen molar-refractivity contribution in [2.24, 2.45) is 0 Å². The van der Waals surface area contributed by atoms with Crippen molar-refractivity contribution in [3.8, 4) is 0 Å². The van der Waals surface area contributed by atoms with Crippen LogP contribution in [0, 0.1) is 0 Å². The van der Waals surface area contributed by atoms with E-state index in [0.717, 1.165) is 0 Å². The fourth-order valence-corrected chi connectivity index (χ4v) is 2.77. The molecule has 0 aliphatic rings. The number of benzene rings is 1. The van der Waals surface area contributed by atoms with E-state index in [1.165, 1.54) is 24.3 Å². The summed E-state index contributed by atoms with van der Waals surface area (Å²) in [6.45, 7) is 1.58. The summed E-state index contributed by atoms with van der Waals surface area (Å²) in [7, 11) is -3.85. The van der Waals surface area contributed by atoms with Gasteiger partial charge in [-0.25, -0.2) is 8.42 Å². The van der Waals surface area contributed by atoms with E-state index in [4.69, 9.17) is 16.7 Å². The number of halogens is 1. The normalized spacial score (nSPS) is 13.3. The number of carbonyl (C=O) groups is 1. The van der Waals surface area contributed by atoms with E-state index in [0.29, 0.717) is 0 Å². The molecule has 2 N–H and O–H groups in total. The van der Waals surface area contributed by atoms with Crippen molar-refractivity contribution in [1.82, 2.24) is 4.72 Å². The molecule has 0 aliphatic heterocycles. The van der Waals surface area contributed by atoms with Crippen molar-refractivity contribution in [3.63, 3.8) is 0 Å². The number of aliphatic carboxylic acids is 1. The Morgan fingerprint density at radius 1 is 1.53 bits per heavy atom. The maximum atomic E-state index is 11.8. The minimum atomic E-state index is -3.85. The van der Waals surface area contributed by atoms with Gasteiger partial charge in [-0.05, 0) is 24.6 Å². The third kappa shape index (κ3) is 3.69. The molecule has 5 nitrogen and oxygen atoms in total. The summed E-state index contributed by atoms with van der Waals surface area (Å²) in [5.74, 6) is -1.21. The largest absolute Gasteiger partial charge is 0.480 e. The molecule has 0 amide bonds. The summed E-state index contributed by atoms with van der Waals surface area (Å²) in [5.41, 5.74) is 0. The van der Waals surface area contributed by atoms with Crippen molar-refractivity contribution in [2.45, 2.75) is 24.3 Å². The zero-order valence-corrected chi connectivity index (χ0v) is 10.6. The van der Waals surface area contributed by atoms with E-state index in [1.807, 2.05) is 0 Å². The van der Waals surface area contributed by atoms with Crippen LogP contribution in [0.15, 0.2) is 29.2 Å². The predicted octanol–water partition coefficient (Wildman–Crippen LogP) is 1.48. The second-order valence-corrected chi connectivity index (χ2v) is 5.53. The maximum Gasteiger partial charge on any atom is 0.321 e. The van der Waals surface area contributed by atoms with E-state index in [1.54, 1.807) is 6.92 Å². The van der Waals surface area contributed by atoms with Gasteiger partial charge in [0.05, 0.1) is 4.90 Å². The van der Waals surface area contributed by atoms with Gasteiger partial charge in [0.1, 0.15) is 6.04 Å². The maximum absolute atomic E-state index is 11.8. The van der Waals surface area contributed by atoms with Crippen LogP contribution in [0.25, 0.3) is 0 Å². The number of carboxylic acid groups (broad SMARTS) is 1. The smallest absolute Gasteiger partial charge is 0.321 e. The molecule has 0 fully saturated rings. The van der Waals surface area contributed by atoms with Crippen LogP contribution in [0.1, 0.15) is 13.3 Å². The number of rotatable bonds is 5. The molecule has 0 heterocycles. The Morgan fingerprint density at radius 3 is 2.65 bits per heavy atom. The van der Waals surface area contributed by atoms with Gasteiger partial charge in [0.25, 0.3) is 0 Å². The lowest BCUT2D eigenvalue weighted by atomic mass is 10.2. The van der Waals surface area contributed by atoms with Gasteiger partial charge < -0.3 is 5.11 Å². The number of hydrogen-bond donors (Lipinski definition) is 2. The first-order valence-corrected chi connectivity index (χ1v) is 6.73. The highest BCUT2D eigenvalue weighted by Gasteiger charge is 2.23. The molecule has 0 bridgehead atoms. The Morgan fingerprint density at radius 2 is 2.18 bits per heavy atom. The van der Waals surface area contributed by atoms with Crippen molar-refractivity contribution < 1.29 is 18.3 Å². The lowest BCUT2D eigenvalue weighted by molar-refractivity contribution is -0.139. The zero-order chi connectivity index (χ0) is 13.1. The second-order valence-electron chi connectivity index (χ2n) is 3.38. The summed E-state index contributed by atoms with van der Waals surface area (Å²) < 4.78 is 25.8. The van der Waals surface area contributed by atoms with Crippen LogP contribution in [-0.2, 0) is 14.8 Å². The van der Waals surface area contributed by atoms with Crippen LogP contribution in [-0.4, -0.2) is 25.5 Å². The molecule has 1 atom stereocenters. The molecule has 0 saturated heterocycles. The van der Waals surface area contributed by atoms with Gasteiger partial charge in [0.2, 0.25) is 10.0 Å². The second kappa shape index (κ2) is 5.48. The molecular formula is C10H12ClNO4S. The van der Waals surface area contributed by atoms with E-state index >= 15 is 0 Å². The summed E-state index contributed by atoms with van der Waals surface area (Å²) in [5, 5.41) is 9.06. The molecule has 1 aromatic rings. The molecule has 1 rings (SSSR count). The Bertz CT molecular complexity index is 515. The first-order valence-electron chi connectivity index (χ1n) is 4.87. The van der Waals surface area contributed by atoms with E-state index < -0.39 is 22.0 Å². The molecule has 0 aliphatic carbocycles. The zero-order valence-electron chi connectivity index (χ0n) is 9.05. The molecule has 0 radical (unpaired) electrons. The quantitative estimate of drug-likeness (QED) is 0.854. The number of carboxylic acids is 1. The monoisotopic (exact) mass is 277 g/mol. The van der Waals surface area contributed by atoms with Gasteiger partial charge in [0.15, 0.2) is 0 Å².